The zero-order valence-electron chi connectivity index (χ0n) is 23.0. The monoisotopic (exact) mass is 488 g/mol. The fourth-order valence-corrected chi connectivity index (χ4v) is 10.1. The molecule has 5 aliphatic rings. The first-order valence-electron chi connectivity index (χ1n) is 14.0. The first-order valence-corrected chi connectivity index (χ1v) is 14.0. The van der Waals surface area contributed by atoms with Crippen LogP contribution in [0.4, 0.5) is 0 Å². The summed E-state index contributed by atoms with van der Waals surface area (Å²) in [5.74, 6) is 0.752. The van der Waals surface area contributed by atoms with Crippen molar-refractivity contribution in [2.45, 2.75) is 117 Å². The molecule has 0 spiro atoms. The van der Waals surface area contributed by atoms with Crippen LogP contribution in [0.15, 0.2) is 11.6 Å². The first kappa shape index (κ1) is 25.7. The van der Waals surface area contributed by atoms with Crippen molar-refractivity contribution >= 4 is 5.97 Å². The van der Waals surface area contributed by atoms with Crippen LogP contribution in [0.2, 0.25) is 0 Å². The number of carbonyl (C=O) groups excluding carboxylic acids is 1. The lowest BCUT2D eigenvalue weighted by Gasteiger charge is -2.64. The normalized spacial score (nSPS) is 51.5. The summed E-state index contributed by atoms with van der Waals surface area (Å²) < 4.78 is 5.54. The first-order chi connectivity index (χ1) is 16.0. The fourth-order valence-electron chi connectivity index (χ4n) is 10.1. The molecule has 5 rings (SSSR count). The maximum atomic E-state index is 12.5. The minimum atomic E-state index is -1.86. The molecule has 5 nitrogen and oxygen atoms in total. The van der Waals surface area contributed by atoms with E-state index in [9.17, 15) is 20.1 Å². The summed E-state index contributed by atoms with van der Waals surface area (Å²) in [6, 6.07) is 0. The highest BCUT2D eigenvalue weighted by Gasteiger charge is 2.67. The number of fused-ring (bicyclic) bond motifs is 5. The number of ether oxygens (including phenoxy) is 1. The van der Waals surface area contributed by atoms with Gasteiger partial charge in [-0.15, -0.1) is 0 Å². The Morgan fingerprint density at radius 1 is 1.03 bits per heavy atom. The Labute approximate surface area is 211 Å². The molecule has 9 atom stereocenters. The summed E-state index contributed by atoms with van der Waals surface area (Å²) in [5.41, 5.74) is -1.46. The average molecular weight is 489 g/mol. The Morgan fingerprint density at radius 2 is 1.71 bits per heavy atom. The molecule has 0 bridgehead atoms. The van der Waals surface area contributed by atoms with Gasteiger partial charge in [0.15, 0.2) is 5.60 Å². The summed E-state index contributed by atoms with van der Waals surface area (Å²) in [7, 11) is 0. The Balaban J connectivity index is 1.47. The number of hydrogen-bond donors (Lipinski definition) is 3. The third-order valence-electron chi connectivity index (χ3n) is 12.8. The van der Waals surface area contributed by atoms with E-state index in [1.165, 1.54) is 13.8 Å². The van der Waals surface area contributed by atoms with Gasteiger partial charge in [-0.2, -0.15) is 0 Å². The smallest absolute Gasteiger partial charge is 0.341 e. The Kier molecular flexibility index (Phi) is 5.56. The predicted molar refractivity (Wildman–Crippen MR) is 135 cm³/mol. The van der Waals surface area contributed by atoms with Crippen molar-refractivity contribution in [1.29, 1.82) is 0 Å². The maximum absolute atomic E-state index is 12.5. The molecular formula is C30H48O5. The molecule has 0 aromatic carbocycles. The van der Waals surface area contributed by atoms with Gasteiger partial charge in [0.2, 0.25) is 0 Å². The minimum Gasteiger partial charge on any atom is -0.463 e. The van der Waals surface area contributed by atoms with E-state index in [0.717, 1.165) is 44.9 Å². The van der Waals surface area contributed by atoms with Gasteiger partial charge < -0.3 is 20.1 Å². The van der Waals surface area contributed by atoms with E-state index in [-0.39, 0.29) is 40.1 Å². The van der Waals surface area contributed by atoms with Crippen LogP contribution in [0, 0.1) is 45.3 Å². The number of rotatable bonds is 2. The van der Waals surface area contributed by atoms with Crippen LogP contribution in [0.1, 0.15) is 99.8 Å². The molecule has 0 radical (unpaired) electrons. The molecule has 3 N–H and O–H groups in total. The number of allylic oxidation sites excluding steroid dienone is 2. The van der Waals surface area contributed by atoms with Gasteiger partial charge in [0.05, 0.1) is 18.3 Å². The molecule has 3 saturated carbocycles. The predicted octanol–water partition coefficient (Wildman–Crippen LogP) is 5.02. The van der Waals surface area contributed by atoms with E-state index < -0.39 is 17.2 Å². The molecule has 4 fully saturated rings. The molecule has 1 aliphatic heterocycles. The van der Waals surface area contributed by atoms with Crippen molar-refractivity contribution in [2.75, 3.05) is 6.61 Å². The highest BCUT2D eigenvalue weighted by atomic mass is 16.6. The second kappa shape index (κ2) is 7.57. The minimum absolute atomic E-state index is 0.0452. The lowest BCUT2D eigenvalue weighted by atomic mass is 9.41. The molecule has 198 valence electrons. The van der Waals surface area contributed by atoms with Crippen molar-refractivity contribution in [3.05, 3.63) is 11.6 Å². The van der Waals surface area contributed by atoms with E-state index >= 15 is 0 Å². The quantitative estimate of drug-likeness (QED) is 0.375. The van der Waals surface area contributed by atoms with Gasteiger partial charge in [-0.1, -0.05) is 46.3 Å². The van der Waals surface area contributed by atoms with E-state index in [4.69, 9.17) is 4.74 Å². The number of cyclic esters (lactones) is 1. The third-order valence-corrected chi connectivity index (χ3v) is 12.8. The molecule has 4 aliphatic carbocycles. The van der Waals surface area contributed by atoms with Gasteiger partial charge in [0, 0.05) is 0 Å². The number of hydrogen-bond acceptors (Lipinski definition) is 5. The van der Waals surface area contributed by atoms with Crippen molar-refractivity contribution in [1.82, 2.24) is 0 Å². The van der Waals surface area contributed by atoms with Crippen molar-refractivity contribution in [2.24, 2.45) is 45.3 Å². The van der Waals surface area contributed by atoms with Crippen LogP contribution >= 0.6 is 0 Å². The van der Waals surface area contributed by atoms with Gasteiger partial charge >= 0.3 is 5.97 Å². The van der Waals surface area contributed by atoms with Crippen LogP contribution in [-0.2, 0) is 9.53 Å². The highest BCUT2D eigenvalue weighted by Crippen LogP contribution is 2.73. The van der Waals surface area contributed by atoms with E-state index in [0.29, 0.717) is 24.4 Å². The van der Waals surface area contributed by atoms with E-state index in [2.05, 4.69) is 40.7 Å². The van der Waals surface area contributed by atoms with Crippen molar-refractivity contribution in [3.63, 3.8) is 0 Å². The summed E-state index contributed by atoms with van der Waals surface area (Å²) >= 11 is 0. The Bertz CT molecular complexity index is 932. The van der Waals surface area contributed by atoms with Crippen LogP contribution in [0.25, 0.3) is 0 Å². The van der Waals surface area contributed by atoms with Crippen LogP contribution < -0.4 is 0 Å². The molecule has 0 aromatic heterocycles. The van der Waals surface area contributed by atoms with Crippen LogP contribution in [0.5, 0.6) is 0 Å². The van der Waals surface area contributed by atoms with Crippen molar-refractivity contribution in [3.8, 4) is 0 Å². The number of esters is 1. The SMILES string of the molecule is CC1(C)[C@H](O)CC[C@]2(C)[C@@H]3CC[C@@]4(C)[C@H]([C@@H]5COC(=O)[C@@](O)(C(C)(C)O)C5)CC[C@]4(C)C3=CC[C@@H]12. The Hall–Kier alpha value is -0.910. The zero-order chi connectivity index (χ0) is 25.8. The second-order valence-electron chi connectivity index (χ2n) is 14.8. The van der Waals surface area contributed by atoms with Gasteiger partial charge in [-0.25, -0.2) is 4.79 Å². The largest absolute Gasteiger partial charge is 0.463 e. The standard InChI is InChI=1S/C30H48O5/c1-25(2)22-9-8-21-20(27(22,5)13-12-23(25)31)11-15-28(6)19(10-14-29(21,28)7)18-16-30(34,26(3,4)33)24(32)35-17-18/h8,18-20,22-23,31,33-34H,9-17H2,1-7H3/t18-,19-,20+,22-,23+,27+,28-,29+,30+/m0/s1. The summed E-state index contributed by atoms with van der Waals surface area (Å²) in [5, 5.41) is 32.7. The van der Waals surface area contributed by atoms with Gasteiger partial charge in [0.25, 0.3) is 0 Å². The topological polar surface area (TPSA) is 87.0 Å². The molecule has 5 heteroatoms. The van der Waals surface area contributed by atoms with E-state index in [1.807, 2.05) is 0 Å². The number of carbonyl (C=O) groups is 1. The van der Waals surface area contributed by atoms with Crippen molar-refractivity contribution < 1.29 is 24.9 Å². The lowest BCUT2D eigenvalue weighted by molar-refractivity contribution is -0.215. The summed E-state index contributed by atoms with van der Waals surface area (Å²) in [4.78, 5) is 12.5. The molecule has 0 unspecified atom stereocenters. The van der Waals surface area contributed by atoms with Crippen LogP contribution in [0.3, 0.4) is 0 Å². The summed E-state index contributed by atoms with van der Waals surface area (Å²) in [6.07, 6.45) is 10.1. The summed E-state index contributed by atoms with van der Waals surface area (Å²) in [6.45, 7) is 15.3. The molecule has 0 amide bonds. The Morgan fingerprint density at radius 3 is 2.37 bits per heavy atom. The van der Waals surface area contributed by atoms with Gasteiger partial charge in [-0.05, 0) is 111 Å². The van der Waals surface area contributed by atoms with E-state index in [1.54, 1.807) is 5.57 Å². The third kappa shape index (κ3) is 3.19. The highest BCUT2D eigenvalue weighted by molar-refractivity contribution is 5.81. The zero-order valence-corrected chi connectivity index (χ0v) is 23.0. The number of aliphatic hydroxyl groups is 3. The van der Waals surface area contributed by atoms with Gasteiger partial charge in [-0.3, -0.25) is 0 Å². The maximum Gasteiger partial charge on any atom is 0.341 e. The fraction of sp³-hybridized carbons (Fsp3) is 0.900. The molecule has 1 saturated heterocycles. The number of aliphatic hydroxyl groups excluding tert-OH is 1. The molecular weight excluding hydrogens is 440 g/mol. The molecule has 1 heterocycles. The lowest BCUT2D eigenvalue weighted by Crippen LogP contribution is -2.62. The molecule has 0 aromatic rings. The average Bonchev–Trinajstić information content (AvgIpc) is 3.04. The van der Waals surface area contributed by atoms with Gasteiger partial charge in [0.1, 0.15) is 0 Å². The molecule has 35 heavy (non-hydrogen) atoms. The second-order valence-corrected chi connectivity index (χ2v) is 14.8. The van der Waals surface area contributed by atoms with Crippen LogP contribution in [-0.4, -0.2) is 45.2 Å².